The Morgan fingerprint density at radius 1 is 0.500 bits per heavy atom. The summed E-state index contributed by atoms with van der Waals surface area (Å²) >= 11 is 0. The molecule has 4 aromatic rings. The summed E-state index contributed by atoms with van der Waals surface area (Å²) in [5, 5.41) is 72.9. The summed E-state index contributed by atoms with van der Waals surface area (Å²) in [6.45, 7) is 0. The zero-order valence-corrected chi connectivity index (χ0v) is 18.7. The Morgan fingerprint density at radius 3 is 1.75 bits per heavy atom. The Kier molecular flexibility index (Phi) is 4.63. The maximum atomic E-state index is 11.0. The summed E-state index contributed by atoms with van der Waals surface area (Å²) in [5.41, 5.74) is 2.58. The standard InChI is InChI=1S/C28H22O8/c29-14-3-1-12(2-4-14)28-25-19-8-17(32)9-20(34)24(19)23(13-5-15(30)7-16(31)6-13)27(25)26-21(35)10-18(33)11-22(26)36-28/h1-11,23,25,27-35H. The normalized spacial score (nSPS) is 21.8. The molecule has 182 valence electrons. The molecule has 2 aliphatic rings. The van der Waals surface area contributed by atoms with Crippen molar-refractivity contribution in [2.45, 2.75) is 23.9 Å². The Labute approximate surface area is 205 Å². The van der Waals surface area contributed by atoms with Crippen molar-refractivity contribution in [1.82, 2.24) is 0 Å². The predicted molar refractivity (Wildman–Crippen MR) is 128 cm³/mol. The highest BCUT2D eigenvalue weighted by Gasteiger charge is 2.53. The van der Waals surface area contributed by atoms with Gasteiger partial charge in [0, 0.05) is 53.1 Å². The van der Waals surface area contributed by atoms with Gasteiger partial charge >= 0.3 is 0 Å². The summed E-state index contributed by atoms with van der Waals surface area (Å²) in [4.78, 5) is 0. The Hall–Kier alpha value is -4.72. The molecule has 0 aromatic heterocycles. The maximum absolute atomic E-state index is 11.0. The second kappa shape index (κ2) is 7.64. The molecule has 0 saturated heterocycles. The summed E-state index contributed by atoms with van der Waals surface area (Å²) in [6, 6.07) is 15.9. The van der Waals surface area contributed by atoms with Crippen molar-refractivity contribution in [2.24, 2.45) is 0 Å². The van der Waals surface area contributed by atoms with Gasteiger partial charge in [-0.1, -0.05) is 12.1 Å². The van der Waals surface area contributed by atoms with E-state index in [1.54, 1.807) is 12.1 Å². The second-order valence-corrected chi connectivity index (χ2v) is 9.29. The first-order valence-electron chi connectivity index (χ1n) is 11.3. The zero-order chi connectivity index (χ0) is 25.3. The first kappa shape index (κ1) is 21.8. The van der Waals surface area contributed by atoms with Gasteiger partial charge in [-0.25, -0.2) is 0 Å². The van der Waals surface area contributed by atoms with Gasteiger partial charge in [0.25, 0.3) is 0 Å². The van der Waals surface area contributed by atoms with E-state index in [4.69, 9.17) is 4.74 Å². The van der Waals surface area contributed by atoms with Gasteiger partial charge in [0.2, 0.25) is 0 Å². The van der Waals surface area contributed by atoms with E-state index in [0.29, 0.717) is 27.8 Å². The van der Waals surface area contributed by atoms with Crippen LogP contribution in [0.3, 0.4) is 0 Å². The lowest BCUT2D eigenvalue weighted by Crippen LogP contribution is -2.27. The quantitative estimate of drug-likeness (QED) is 0.214. The van der Waals surface area contributed by atoms with Crippen molar-refractivity contribution in [3.63, 3.8) is 0 Å². The van der Waals surface area contributed by atoms with Crippen LogP contribution in [-0.4, -0.2) is 35.7 Å². The molecular formula is C28H22O8. The van der Waals surface area contributed by atoms with Crippen LogP contribution < -0.4 is 4.74 Å². The molecule has 8 nitrogen and oxygen atoms in total. The molecule has 4 aromatic carbocycles. The molecule has 4 atom stereocenters. The number of hydrogen-bond donors (Lipinski definition) is 7. The fourth-order valence-corrected chi connectivity index (χ4v) is 5.89. The third-order valence-electron chi connectivity index (χ3n) is 7.12. The van der Waals surface area contributed by atoms with E-state index in [2.05, 4.69) is 0 Å². The molecule has 1 heterocycles. The number of phenolic OH excluding ortho intramolecular Hbond substituents is 7. The number of phenols is 7. The van der Waals surface area contributed by atoms with Crippen LogP contribution in [0, 0.1) is 0 Å². The highest BCUT2D eigenvalue weighted by molar-refractivity contribution is 5.65. The summed E-state index contributed by atoms with van der Waals surface area (Å²) in [7, 11) is 0. The summed E-state index contributed by atoms with van der Waals surface area (Å²) in [5.74, 6) is -2.60. The van der Waals surface area contributed by atoms with E-state index < -0.39 is 23.9 Å². The Morgan fingerprint density at radius 2 is 1.08 bits per heavy atom. The number of fused-ring (bicyclic) bond motifs is 5. The number of rotatable bonds is 2. The van der Waals surface area contributed by atoms with Crippen LogP contribution in [0.25, 0.3) is 0 Å². The van der Waals surface area contributed by atoms with Crippen molar-refractivity contribution >= 4 is 0 Å². The van der Waals surface area contributed by atoms with Crippen LogP contribution in [0.5, 0.6) is 46.0 Å². The third kappa shape index (κ3) is 3.22. The molecule has 0 saturated carbocycles. The molecular weight excluding hydrogens is 464 g/mol. The largest absolute Gasteiger partial charge is 0.508 e. The molecule has 8 heteroatoms. The number of hydrogen-bond acceptors (Lipinski definition) is 8. The average Bonchev–Trinajstić information content (AvgIpc) is 3.13. The highest BCUT2D eigenvalue weighted by atomic mass is 16.5. The van der Waals surface area contributed by atoms with Crippen molar-refractivity contribution in [3.05, 3.63) is 94.5 Å². The van der Waals surface area contributed by atoms with E-state index >= 15 is 0 Å². The van der Waals surface area contributed by atoms with Crippen LogP contribution >= 0.6 is 0 Å². The molecule has 7 N–H and O–H groups in total. The topological polar surface area (TPSA) is 151 Å². The first-order chi connectivity index (χ1) is 17.2. The monoisotopic (exact) mass is 486 g/mol. The summed E-state index contributed by atoms with van der Waals surface area (Å²) < 4.78 is 6.34. The molecule has 0 radical (unpaired) electrons. The van der Waals surface area contributed by atoms with Gasteiger partial charge in [-0.2, -0.15) is 0 Å². The lowest BCUT2D eigenvalue weighted by atomic mass is 9.72. The molecule has 0 spiro atoms. The van der Waals surface area contributed by atoms with Crippen LogP contribution in [0.1, 0.15) is 51.7 Å². The number of aromatic hydroxyl groups is 7. The van der Waals surface area contributed by atoms with E-state index in [0.717, 1.165) is 0 Å². The fraction of sp³-hybridized carbons (Fsp3) is 0.143. The van der Waals surface area contributed by atoms with Gasteiger partial charge in [0.15, 0.2) is 0 Å². The molecule has 4 unspecified atom stereocenters. The molecule has 1 aliphatic carbocycles. The Bertz CT molecular complexity index is 1490. The Balaban J connectivity index is 1.68. The lowest BCUT2D eigenvalue weighted by Gasteiger charge is -2.39. The van der Waals surface area contributed by atoms with E-state index in [1.807, 2.05) is 0 Å². The predicted octanol–water partition coefficient (Wildman–Crippen LogP) is 4.77. The molecule has 0 amide bonds. The van der Waals surface area contributed by atoms with Crippen LogP contribution in [0.4, 0.5) is 0 Å². The van der Waals surface area contributed by atoms with Crippen molar-refractivity contribution < 1.29 is 40.5 Å². The third-order valence-corrected chi connectivity index (χ3v) is 7.12. The van der Waals surface area contributed by atoms with E-state index in [1.165, 1.54) is 54.6 Å². The van der Waals surface area contributed by atoms with E-state index in [-0.39, 0.29) is 46.0 Å². The van der Waals surface area contributed by atoms with Crippen molar-refractivity contribution in [1.29, 1.82) is 0 Å². The molecule has 0 bridgehead atoms. The second-order valence-electron chi connectivity index (χ2n) is 9.29. The molecule has 6 rings (SSSR count). The minimum absolute atomic E-state index is 0.0667. The van der Waals surface area contributed by atoms with Crippen LogP contribution in [0.2, 0.25) is 0 Å². The smallest absolute Gasteiger partial charge is 0.131 e. The van der Waals surface area contributed by atoms with Gasteiger partial charge in [0.1, 0.15) is 52.1 Å². The average molecular weight is 486 g/mol. The van der Waals surface area contributed by atoms with Crippen LogP contribution in [-0.2, 0) is 0 Å². The highest BCUT2D eigenvalue weighted by Crippen LogP contribution is 2.67. The molecule has 36 heavy (non-hydrogen) atoms. The number of ether oxygens (including phenoxy) is 1. The zero-order valence-electron chi connectivity index (χ0n) is 18.7. The lowest BCUT2D eigenvalue weighted by molar-refractivity contribution is 0.133. The maximum Gasteiger partial charge on any atom is 0.131 e. The van der Waals surface area contributed by atoms with Gasteiger partial charge in [-0.05, 0) is 47.0 Å². The van der Waals surface area contributed by atoms with Crippen molar-refractivity contribution in [2.75, 3.05) is 0 Å². The van der Waals surface area contributed by atoms with Crippen LogP contribution in [0.15, 0.2) is 66.7 Å². The van der Waals surface area contributed by atoms with Crippen molar-refractivity contribution in [3.8, 4) is 46.0 Å². The van der Waals surface area contributed by atoms with E-state index in [9.17, 15) is 35.7 Å². The SMILES string of the molecule is Oc1ccc(C2Oc3cc(O)cc(O)c3C3C(c4cc(O)cc(O)c4)c4c(O)cc(O)cc4C23)cc1. The number of benzene rings is 4. The van der Waals surface area contributed by atoms with Gasteiger partial charge < -0.3 is 40.5 Å². The minimum Gasteiger partial charge on any atom is -0.508 e. The first-order valence-corrected chi connectivity index (χ1v) is 11.3. The van der Waals surface area contributed by atoms with Gasteiger partial charge in [-0.15, -0.1) is 0 Å². The van der Waals surface area contributed by atoms with Gasteiger partial charge in [-0.3, -0.25) is 0 Å². The minimum atomic E-state index is -0.694. The fourth-order valence-electron chi connectivity index (χ4n) is 5.89. The molecule has 0 fully saturated rings. The van der Waals surface area contributed by atoms with Gasteiger partial charge in [0.05, 0.1) is 0 Å². The molecule has 1 aliphatic heterocycles. The summed E-state index contributed by atoms with van der Waals surface area (Å²) in [6.07, 6.45) is -0.694.